The molecule has 1 unspecified atom stereocenters. The van der Waals surface area contributed by atoms with Crippen molar-refractivity contribution in [3.63, 3.8) is 0 Å². The van der Waals surface area contributed by atoms with Crippen molar-refractivity contribution < 1.29 is 14.1 Å². The van der Waals surface area contributed by atoms with Gasteiger partial charge in [0.2, 0.25) is 0 Å². The van der Waals surface area contributed by atoms with E-state index in [-0.39, 0.29) is 15.8 Å². The first kappa shape index (κ1) is 14.2. The van der Waals surface area contributed by atoms with Crippen molar-refractivity contribution >= 4 is 27.3 Å². The molecule has 2 rings (SSSR count). The van der Waals surface area contributed by atoms with Crippen LogP contribution in [0.2, 0.25) is 0 Å². The molecule has 0 aromatic heterocycles. The Bertz CT molecular complexity index is 478. The standard InChI is InChI=1S/C12H14BrFN2O3/c13-9-5-12(16(17)18)11(6-10(9)14)15-3-1-8-2-4-19-7-8/h5-6,8,15H,1-4,7H2. The van der Waals surface area contributed by atoms with Crippen molar-refractivity contribution in [1.82, 2.24) is 0 Å². The summed E-state index contributed by atoms with van der Waals surface area (Å²) in [7, 11) is 0. The molecular weight excluding hydrogens is 319 g/mol. The fraction of sp³-hybridized carbons (Fsp3) is 0.500. The smallest absolute Gasteiger partial charge is 0.293 e. The topological polar surface area (TPSA) is 64.4 Å². The van der Waals surface area contributed by atoms with E-state index in [1.165, 1.54) is 6.07 Å². The largest absolute Gasteiger partial charge is 0.381 e. The molecule has 5 nitrogen and oxygen atoms in total. The van der Waals surface area contributed by atoms with E-state index < -0.39 is 10.7 Å². The van der Waals surface area contributed by atoms with E-state index in [9.17, 15) is 14.5 Å². The van der Waals surface area contributed by atoms with Crippen LogP contribution in [0.3, 0.4) is 0 Å². The molecule has 1 atom stereocenters. The van der Waals surface area contributed by atoms with Crippen LogP contribution in [-0.4, -0.2) is 24.7 Å². The maximum atomic E-state index is 13.4. The quantitative estimate of drug-likeness (QED) is 0.663. The minimum absolute atomic E-state index is 0.0916. The summed E-state index contributed by atoms with van der Waals surface area (Å²) < 4.78 is 18.8. The number of rotatable bonds is 5. The molecule has 0 bridgehead atoms. The number of hydrogen-bond donors (Lipinski definition) is 1. The monoisotopic (exact) mass is 332 g/mol. The summed E-state index contributed by atoms with van der Waals surface area (Å²) >= 11 is 2.95. The predicted octanol–water partition coefficient (Wildman–Crippen LogP) is 3.33. The minimum atomic E-state index is -0.523. The molecule has 7 heteroatoms. The Morgan fingerprint density at radius 3 is 3.00 bits per heavy atom. The van der Waals surface area contributed by atoms with Gasteiger partial charge in [-0.2, -0.15) is 0 Å². The van der Waals surface area contributed by atoms with Gasteiger partial charge in [-0.15, -0.1) is 0 Å². The third kappa shape index (κ3) is 3.63. The molecule has 1 saturated heterocycles. The lowest BCUT2D eigenvalue weighted by atomic mass is 10.1. The van der Waals surface area contributed by atoms with E-state index in [1.807, 2.05) is 0 Å². The van der Waals surface area contributed by atoms with E-state index in [4.69, 9.17) is 4.74 Å². The number of anilines is 1. The molecule has 104 valence electrons. The van der Waals surface area contributed by atoms with E-state index in [2.05, 4.69) is 21.2 Å². The number of nitro groups is 1. The van der Waals surface area contributed by atoms with Gasteiger partial charge in [-0.05, 0) is 34.7 Å². The molecule has 1 aromatic rings. The highest BCUT2D eigenvalue weighted by Crippen LogP contribution is 2.30. The van der Waals surface area contributed by atoms with E-state index in [1.54, 1.807) is 0 Å². The molecule has 0 spiro atoms. The van der Waals surface area contributed by atoms with Crippen molar-refractivity contribution in [2.24, 2.45) is 5.92 Å². The van der Waals surface area contributed by atoms with Crippen LogP contribution in [0.1, 0.15) is 12.8 Å². The zero-order valence-corrected chi connectivity index (χ0v) is 11.8. The summed E-state index contributed by atoms with van der Waals surface area (Å²) in [6.45, 7) is 2.08. The second kappa shape index (κ2) is 6.29. The van der Waals surface area contributed by atoms with Gasteiger partial charge in [0.05, 0.1) is 9.40 Å². The van der Waals surface area contributed by atoms with Crippen LogP contribution < -0.4 is 5.32 Å². The second-order valence-corrected chi connectivity index (χ2v) is 5.34. The highest BCUT2D eigenvalue weighted by Gasteiger charge is 2.19. The first-order valence-electron chi connectivity index (χ1n) is 6.03. The number of ether oxygens (including phenoxy) is 1. The van der Waals surface area contributed by atoms with Crippen LogP contribution in [-0.2, 0) is 4.74 Å². The average molecular weight is 333 g/mol. The van der Waals surface area contributed by atoms with Crippen LogP contribution in [0.15, 0.2) is 16.6 Å². The zero-order chi connectivity index (χ0) is 13.8. The lowest BCUT2D eigenvalue weighted by Gasteiger charge is -2.10. The third-order valence-electron chi connectivity index (χ3n) is 3.13. The maximum Gasteiger partial charge on any atom is 0.293 e. The highest BCUT2D eigenvalue weighted by molar-refractivity contribution is 9.10. The lowest BCUT2D eigenvalue weighted by molar-refractivity contribution is -0.384. The van der Waals surface area contributed by atoms with Crippen LogP contribution >= 0.6 is 15.9 Å². The zero-order valence-electron chi connectivity index (χ0n) is 10.2. The van der Waals surface area contributed by atoms with Gasteiger partial charge in [-0.1, -0.05) is 0 Å². The Morgan fingerprint density at radius 1 is 1.58 bits per heavy atom. The summed E-state index contributed by atoms with van der Waals surface area (Å²) in [6, 6.07) is 2.32. The number of hydrogen-bond acceptors (Lipinski definition) is 4. The molecule has 1 aromatic carbocycles. The van der Waals surface area contributed by atoms with E-state index >= 15 is 0 Å². The summed E-state index contributed by atoms with van der Waals surface area (Å²) in [4.78, 5) is 10.4. The highest BCUT2D eigenvalue weighted by atomic mass is 79.9. The number of nitro benzene ring substituents is 1. The lowest BCUT2D eigenvalue weighted by Crippen LogP contribution is -2.10. The molecular formula is C12H14BrFN2O3. The number of nitrogens with zero attached hydrogens (tertiary/aromatic N) is 1. The fourth-order valence-electron chi connectivity index (χ4n) is 2.05. The Kier molecular flexibility index (Phi) is 4.71. The Balaban J connectivity index is 2.01. The third-order valence-corrected chi connectivity index (χ3v) is 3.74. The number of nitrogens with one attached hydrogen (secondary N) is 1. The average Bonchev–Trinajstić information content (AvgIpc) is 2.86. The summed E-state index contributed by atoms with van der Waals surface area (Å²) in [5.41, 5.74) is 0.0839. The van der Waals surface area contributed by atoms with Gasteiger partial charge in [-0.3, -0.25) is 10.1 Å². The molecule has 0 aliphatic carbocycles. The van der Waals surface area contributed by atoms with E-state index in [0.29, 0.717) is 12.5 Å². The van der Waals surface area contributed by atoms with Crippen molar-refractivity contribution in [3.05, 3.63) is 32.5 Å². The van der Waals surface area contributed by atoms with Crippen LogP contribution in [0.5, 0.6) is 0 Å². The van der Waals surface area contributed by atoms with Gasteiger partial charge < -0.3 is 10.1 Å². The number of benzene rings is 1. The molecule has 1 aliphatic heterocycles. The molecule has 0 saturated carbocycles. The first-order valence-corrected chi connectivity index (χ1v) is 6.82. The van der Waals surface area contributed by atoms with Gasteiger partial charge in [-0.25, -0.2) is 4.39 Å². The summed E-state index contributed by atoms with van der Waals surface area (Å²) in [5, 5.41) is 13.8. The second-order valence-electron chi connectivity index (χ2n) is 4.49. The Labute approximate surface area is 118 Å². The Hall–Kier alpha value is -1.21. The first-order chi connectivity index (χ1) is 9.08. The predicted molar refractivity (Wildman–Crippen MR) is 72.8 cm³/mol. The molecule has 1 N–H and O–H groups in total. The van der Waals surface area contributed by atoms with Crippen LogP contribution in [0.4, 0.5) is 15.8 Å². The number of halogens is 2. The summed E-state index contributed by atoms with van der Waals surface area (Å²) in [5.74, 6) is -0.0378. The Morgan fingerprint density at radius 2 is 2.37 bits per heavy atom. The molecule has 1 aliphatic rings. The van der Waals surface area contributed by atoms with Gasteiger partial charge in [0.25, 0.3) is 5.69 Å². The van der Waals surface area contributed by atoms with Crippen molar-refractivity contribution in [1.29, 1.82) is 0 Å². The van der Waals surface area contributed by atoms with Gasteiger partial charge >= 0.3 is 0 Å². The van der Waals surface area contributed by atoms with Crippen LogP contribution in [0, 0.1) is 21.8 Å². The minimum Gasteiger partial charge on any atom is -0.381 e. The molecule has 19 heavy (non-hydrogen) atoms. The molecule has 1 heterocycles. The maximum absolute atomic E-state index is 13.4. The van der Waals surface area contributed by atoms with Crippen LogP contribution in [0.25, 0.3) is 0 Å². The molecule has 0 amide bonds. The summed E-state index contributed by atoms with van der Waals surface area (Å²) in [6.07, 6.45) is 1.87. The molecule has 1 fully saturated rings. The normalized spacial score (nSPS) is 18.5. The van der Waals surface area contributed by atoms with Crippen molar-refractivity contribution in [2.75, 3.05) is 25.1 Å². The SMILES string of the molecule is O=[N+]([O-])c1cc(Br)c(F)cc1NCCC1CCOC1. The van der Waals surface area contributed by atoms with Gasteiger partial charge in [0.1, 0.15) is 11.5 Å². The van der Waals surface area contributed by atoms with Gasteiger partial charge in [0.15, 0.2) is 0 Å². The molecule has 0 radical (unpaired) electrons. The van der Waals surface area contributed by atoms with Gasteiger partial charge in [0, 0.05) is 31.9 Å². The van der Waals surface area contributed by atoms with E-state index in [0.717, 1.165) is 32.1 Å². The van der Waals surface area contributed by atoms with Crippen molar-refractivity contribution in [2.45, 2.75) is 12.8 Å². The fourth-order valence-corrected chi connectivity index (χ4v) is 2.38. The van der Waals surface area contributed by atoms with Crippen molar-refractivity contribution in [3.8, 4) is 0 Å².